The van der Waals surface area contributed by atoms with Crippen LogP contribution in [0.15, 0.2) is 168 Å². The fourth-order valence-electron chi connectivity index (χ4n) is 7.10. The highest BCUT2D eigenvalue weighted by atomic mass is 16.3. The third-order valence-corrected chi connectivity index (χ3v) is 9.51. The van der Waals surface area contributed by atoms with Gasteiger partial charge in [0.2, 0.25) is 0 Å². The molecule has 0 fully saturated rings. The van der Waals surface area contributed by atoms with Gasteiger partial charge in [0, 0.05) is 27.5 Å². The Balaban J connectivity index is 1.18. The van der Waals surface area contributed by atoms with E-state index in [0.717, 1.165) is 49.6 Å². The van der Waals surface area contributed by atoms with Gasteiger partial charge in [0.25, 0.3) is 0 Å². The Kier molecular flexibility index (Phi) is 6.15. The minimum absolute atomic E-state index is 0.637. The second-order valence-electron chi connectivity index (χ2n) is 12.4. The molecular weight excluding hydrogens is 599 g/mol. The van der Waals surface area contributed by atoms with Crippen molar-refractivity contribution in [3.8, 4) is 45.3 Å². The SMILES string of the molecule is c1ccc(-c2ccc(-c3nc(-c4ccccc4)nc(-c4ccc5c(c4)c4ccccc4c4cc6oc7ccccc7c6cc54)n3)cc2)cc1. The van der Waals surface area contributed by atoms with E-state index in [1.807, 2.05) is 48.5 Å². The van der Waals surface area contributed by atoms with Crippen LogP contribution in [0.3, 0.4) is 0 Å². The van der Waals surface area contributed by atoms with Gasteiger partial charge >= 0.3 is 0 Å². The normalized spacial score (nSPS) is 11.7. The minimum Gasteiger partial charge on any atom is -0.456 e. The van der Waals surface area contributed by atoms with Gasteiger partial charge in [-0.05, 0) is 67.7 Å². The van der Waals surface area contributed by atoms with Gasteiger partial charge in [-0.3, -0.25) is 0 Å². The summed E-state index contributed by atoms with van der Waals surface area (Å²) in [6.45, 7) is 0. The van der Waals surface area contributed by atoms with E-state index in [9.17, 15) is 0 Å². The van der Waals surface area contributed by atoms with Crippen LogP contribution in [-0.4, -0.2) is 15.0 Å². The Bertz CT molecular complexity index is 2860. The van der Waals surface area contributed by atoms with E-state index >= 15 is 0 Å². The lowest BCUT2D eigenvalue weighted by molar-refractivity contribution is 0.669. The highest BCUT2D eigenvalue weighted by molar-refractivity contribution is 6.28. The molecule has 4 nitrogen and oxygen atoms in total. The summed E-state index contributed by atoms with van der Waals surface area (Å²) >= 11 is 0. The maximum atomic E-state index is 6.30. The number of fused-ring (bicyclic) bond motifs is 9. The zero-order valence-corrected chi connectivity index (χ0v) is 26.3. The van der Waals surface area contributed by atoms with Crippen molar-refractivity contribution < 1.29 is 4.42 Å². The quantitative estimate of drug-likeness (QED) is 0.183. The second-order valence-corrected chi connectivity index (χ2v) is 12.4. The van der Waals surface area contributed by atoms with E-state index in [2.05, 4.69) is 115 Å². The molecule has 0 unspecified atom stereocenters. The van der Waals surface area contributed by atoms with Crippen LogP contribution in [0.2, 0.25) is 0 Å². The second kappa shape index (κ2) is 11.0. The Morgan fingerprint density at radius 3 is 1.41 bits per heavy atom. The Labute approximate surface area is 282 Å². The molecule has 0 bridgehead atoms. The molecule has 0 aliphatic heterocycles. The van der Waals surface area contributed by atoms with Crippen molar-refractivity contribution in [3.05, 3.63) is 164 Å². The third kappa shape index (κ3) is 4.57. The molecule has 0 saturated carbocycles. The maximum Gasteiger partial charge on any atom is 0.164 e. The van der Waals surface area contributed by atoms with Gasteiger partial charge < -0.3 is 4.42 Å². The van der Waals surface area contributed by atoms with Gasteiger partial charge in [0.15, 0.2) is 17.5 Å². The predicted molar refractivity (Wildman–Crippen MR) is 201 cm³/mol. The molecule has 0 radical (unpaired) electrons. The van der Waals surface area contributed by atoms with Crippen molar-refractivity contribution in [2.24, 2.45) is 0 Å². The lowest BCUT2D eigenvalue weighted by atomic mass is 9.92. The first-order chi connectivity index (χ1) is 24.3. The number of hydrogen-bond acceptors (Lipinski definition) is 4. The largest absolute Gasteiger partial charge is 0.456 e. The van der Waals surface area contributed by atoms with Gasteiger partial charge in [-0.15, -0.1) is 0 Å². The molecular formula is C45H27N3O. The Morgan fingerprint density at radius 1 is 0.265 bits per heavy atom. The highest BCUT2D eigenvalue weighted by Crippen LogP contribution is 2.41. The number of para-hydroxylation sites is 1. The van der Waals surface area contributed by atoms with Crippen LogP contribution in [0.1, 0.15) is 0 Å². The fourth-order valence-corrected chi connectivity index (χ4v) is 7.10. The van der Waals surface area contributed by atoms with E-state index in [4.69, 9.17) is 19.4 Å². The van der Waals surface area contributed by atoms with Crippen molar-refractivity contribution in [1.29, 1.82) is 0 Å². The lowest BCUT2D eigenvalue weighted by Crippen LogP contribution is -2.00. The molecule has 4 heteroatoms. The van der Waals surface area contributed by atoms with Crippen LogP contribution in [0.5, 0.6) is 0 Å². The van der Waals surface area contributed by atoms with Crippen LogP contribution >= 0.6 is 0 Å². The van der Waals surface area contributed by atoms with Gasteiger partial charge in [-0.25, -0.2) is 15.0 Å². The van der Waals surface area contributed by atoms with E-state index in [0.29, 0.717) is 17.5 Å². The van der Waals surface area contributed by atoms with Crippen LogP contribution in [0.4, 0.5) is 0 Å². The molecule has 0 spiro atoms. The molecule has 228 valence electrons. The first-order valence-corrected chi connectivity index (χ1v) is 16.4. The maximum absolute atomic E-state index is 6.30. The zero-order chi connectivity index (χ0) is 32.3. The number of nitrogens with zero attached hydrogens (tertiary/aromatic N) is 3. The van der Waals surface area contributed by atoms with Crippen LogP contribution < -0.4 is 0 Å². The summed E-state index contributed by atoms with van der Waals surface area (Å²) in [7, 11) is 0. The van der Waals surface area contributed by atoms with Crippen molar-refractivity contribution in [1.82, 2.24) is 15.0 Å². The van der Waals surface area contributed by atoms with Crippen molar-refractivity contribution in [2.75, 3.05) is 0 Å². The van der Waals surface area contributed by atoms with Crippen LogP contribution in [-0.2, 0) is 0 Å². The molecule has 8 aromatic carbocycles. The van der Waals surface area contributed by atoms with E-state index in [1.54, 1.807) is 0 Å². The van der Waals surface area contributed by atoms with E-state index in [1.165, 1.54) is 32.5 Å². The molecule has 0 saturated heterocycles. The summed E-state index contributed by atoms with van der Waals surface area (Å²) in [6, 6.07) is 56.9. The summed E-state index contributed by atoms with van der Waals surface area (Å²) < 4.78 is 6.30. The number of furan rings is 1. The minimum atomic E-state index is 0.637. The molecule has 10 aromatic rings. The lowest BCUT2D eigenvalue weighted by Gasteiger charge is -2.13. The molecule has 0 aliphatic rings. The van der Waals surface area contributed by atoms with E-state index < -0.39 is 0 Å². The van der Waals surface area contributed by atoms with Gasteiger partial charge in [0.05, 0.1) is 0 Å². The van der Waals surface area contributed by atoms with Gasteiger partial charge in [0.1, 0.15) is 11.2 Å². The summed E-state index contributed by atoms with van der Waals surface area (Å²) in [5.74, 6) is 1.92. The standard InChI is InChI=1S/C45H27N3O/c1-3-11-28(12-4-1)29-19-21-31(22-20-29)44-46-43(30-13-5-2-6-14-30)47-45(48-44)32-23-24-35-37(25-32)33-15-7-8-16-34(33)39-27-42-40(26-38(35)39)36-17-9-10-18-41(36)49-42/h1-27H. The first kappa shape index (κ1) is 27.5. The number of aromatic nitrogens is 3. The molecule has 0 atom stereocenters. The van der Waals surface area contributed by atoms with E-state index in [-0.39, 0.29) is 0 Å². The molecule has 10 rings (SSSR count). The molecule has 0 N–H and O–H groups in total. The summed E-state index contributed by atoms with van der Waals surface area (Å²) in [6.07, 6.45) is 0. The average Bonchev–Trinajstić information content (AvgIpc) is 3.55. The van der Waals surface area contributed by atoms with Gasteiger partial charge in [-0.2, -0.15) is 0 Å². The van der Waals surface area contributed by atoms with Crippen molar-refractivity contribution in [2.45, 2.75) is 0 Å². The zero-order valence-electron chi connectivity index (χ0n) is 26.3. The average molecular weight is 626 g/mol. The monoisotopic (exact) mass is 625 g/mol. The first-order valence-electron chi connectivity index (χ1n) is 16.4. The summed E-state index contributed by atoms with van der Waals surface area (Å²) in [5.41, 5.74) is 6.95. The summed E-state index contributed by atoms with van der Waals surface area (Å²) in [4.78, 5) is 15.1. The molecule has 0 aliphatic carbocycles. The Hall–Kier alpha value is -6.65. The molecule has 2 heterocycles. The fraction of sp³-hybridized carbons (Fsp3) is 0. The highest BCUT2D eigenvalue weighted by Gasteiger charge is 2.17. The van der Waals surface area contributed by atoms with Crippen LogP contribution in [0, 0.1) is 0 Å². The van der Waals surface area contributed by atoms with Crippen molar-refractivity contribution >= 4 is 54.3 Å². The Morgan fingerprint density at radius 2 is 0.714 bits per heavy atom. The van der Waals surface area contributed by atoms with Crippen LogP contribution in [0.25, 0.3) is 99.5 Å². The van der Waals surface area contributed by atoms with Gasteiger partial charge in [-0.1, -0.05) is 140 Å². The number of hydrogen-bond donors (Lipinski definition) is 0. The molecule has 0 amide bonds. The third-order valence-electron chi connectivity index (χ3n) is 9.51. The number of benzene rings is 8. The number of rotatable bonds is 4. The molecule has 2 aromatic heterocycles. The smallest absolute Gasteiger partial charge is 0.164 e. The predicted octanol–water partition coefficient (Wildman–Crippen LogP) is 11.9. The van der Waals surface area contributed by atoms with Crippen molar-refractivity contribution in [3.63, 3.8) is 0 Å². The molecule has 49 heavy (non-hydrogen) atoms. The summed E-state index contributed by atoms with van der Waals surface area (Å²) in [5, 5.41) is 9.31. The topological polar surface area (TPSA) is 51.8 Å².